The van der Waals surface area contributed by atoms with Gasteiger partial charge in [0.15, 0.2) is 0 Å². The van der Waals surface area contributed by atoms with Crippen LogP contribution in [0.3, 0.4) is 0 Å². The maximum absolute atomic E-state index is 12.3. The molecule has 3 N–H and O–H groups in total. The quantitative estimate of drug-likeness (QED) is 0.783. The molecule has 0 fully saturated rings. The number of carbonyl (C=O) groups excluding carboxylic acids is 1. The molecule has 0 bridgehead atoms. The Bertz CT molecular complexity index is 843. The molecule has 1 aromatic carbocycles. The van der Waals surface area contributed by atoms with Crippen LogP contribution in [-0.2, 0) is 11.8 Å². The number of pyridine rings is 1. The molecule has 7 nitrogen and oxygen atoms in total. The van der Waals surface area contributed by atoms with Crippen LogP contribution in [0.2, 0.25) is 5.02 Å². The molecule has 0 saturated heterocycles. The molecule has 0 aliphatic heterocycles. The Morgan fingerprint density at radius 2 is 2.00 bits per heavy atom. The van der Waals surface area contributed by atoms with Crippen LogP contribution in [0.4, 0.5) is 0 Å². The Balaban J connectivity index is 2.70. The first-order valence-corrected chi connectivity index (χ1v) is 6.67. The van der Waals surface area contributed by atoms with E-state index in [1.807, 2.05) is 0 Å². The number of aliphatic carboxylic acids is 1. The van der Waals surface area contributed by atoms with Crippen LogP contribution < -0.4 is 10.9 Å². The van der Waals surface area contributed by atoms with E-state index in [0.717, 1.165) is 0 Å². The highest BCUT2D eigenvalue weighted by atomic mass is 35.5. The normalized spacial score (nSPS) is 12.1. The van der Waals surface area contributed by atoms with Crippen LogP contribution >= 0.6 is 11.6 Å². The number of fused-ring (bicyclic) bond motifs is 1. The summed E-state index contributed by atoms with van der Waals surface area (Å²) in [5.41, 5.74) is -0.934. The van der Waals surface area contributed by atoms with Crippen LogP contribution in [-0.4, -0.2) is 32.7 Å². The fourth-order valence-corrected chi connectivity index (χ4v) is 2.32. The van der Waals surface area contributed by atoms with Gasteiger partial charge >= 0.3 is 5.97 Å². The molecule has 0 radical (unpaired) electrons. The molecular weight excluding hydrogens is 312 g/mol. The molecule has 0 saturated carbocycles. The number of nitrogens with zero attached hydrogens (tertiary/aromatic N) is 1. The van der Waals surface area contributed by atoms with Gasteiger partial charge in [-0.25, -0.2) is 0 Å². The standard InChI is InChI=1S/C14H13ClN2O5/c1-6(14(21)22)16-12(19)10-11(18)9-7(15)4-3-5-8(9)17(2)13(10)20/h3-6,18H,1-2H3,(H,16,19)(H,21,22)/t6-/m0/s1. The lowest BCUT2D eigenvalue weighted by Gasteiger charge is -2.14. The van der Waals surface area contributed by atoms with E-state index in [2.05, 4.69) is 5.32 Å². The van der Waals surface area contributed by atoms with Gasteiger partial charge in [0, 0.05) is 7.05 Å². The summed E-state index contributed by atoms with van der Waals surface area (Å²) < 4.78 is 1.17. The minimum Gasteiger partial charge on any atom is -0.506 e. The van der Waals surface area contributed by atoms with Crippen molar-refractivity contribution in [1.29, 1.82) is 0 Å². The molecule has 0 aliphatic rings. The van der Waals surface area contributed by atoms with Gasteiger partial charge in [0.05, 0.1) is 15.9 Å². The predicted molar refractivity (Wildman–Crippen MR) is 80.4 cm³/mol. The molecule has 1 aromatic heterocycles. The summed E-state index contributed by atoms with van der Waals surface area (Å²) in [5, 5.41) is 21.5. The number of carboxylic acids is 1. The lowest BCUT2D eigenvalue weighted by atomic mass is 10.1. The van der Waals surface area contributed by atoms with Gasteiger partial charge < -0.3 is 20.1 Å². The van der Waals surface area contributed by atoms with E-state index < -0.39 is 34.8 Å². The van der Waals surface area contributed by atoms with Crippen molar-refractivity contribution < 1.29 is 19.8 Å². The number of aromatic hydroxyl groups is 1. The van der Waals surface area contributed by atoms with Crippen molar-refractivity contribution in [2.24, 2.45) is 7.05 Å². The number of halogens is 1. The van der Waals surface area contributed by atoms with Crippen LogP contribution in [0.25, 0.3) is 10.9 Å². The number of hydrogen-bond donors (Lipinski definition) is 3. The van der Waals surface area contributed by atoms with E-state index in [1.165, 1.54) is 24.6 Å². The van der Waals surface area contributed by atoms with Gasteiger partial charge in [-0.15, -0.1) is 0 Å². The third kappa shape index (κ3) is 2.50. The van der Waals surface area contributed by atoms with Gasteiger partial charge in [0.25, 0.3) is 11.5 Å². The van der Waals surface area contributed by atoms with E-state index in [4.69, 9.17) is 16.7 Å². The Hall–Kier alpha value is -2.54. The third-order valence-corrected chi connectivity index (χ3v) is 3.61. The first-order valence-electron chi connectivity index (χ1n) is 6.29. The number of aromatic nitrogens is 1. The zero-order valence-electron chi connectivity index (χ0n) is 11.8. The highest BCUT2D eigenvalue weighted by Gasteiger charge is 2.24. The molecule has 1 amide bonds. The van der Waals surface area contributed by atoms with E-state index in [0.29, 0.717) is 5.52 Å². The summed E-state index contributed by atoms with van der Waals surface area (Å²) in [6.07, 6.45) is 0. The average molecular weight is 325 g/mol. The predicted octanol–water partition coefficient (Wildman–Crippen LogP) is 1.10. The van der Waals surface area contributed by atoms with Gasteiger partial charge in [-0.3, -0.25) is 14.4 Å². The van der Waals surface area contributed by atoms with E-state index in [-0.39, 0.29) is 10.4 Å². The molecule has 1 heterocycles. The molecule has 0 aliphatic carbocycles. The Morgan fingerprint density at radius 1 is 1.36 bits per heavy atom. The first-order chi connectivity index (χ1) is 10.3. The molecule has 22 heavy (non-hydrogen) atoms. The second-order valence-corrected chi connectivity index (χ2v) is 5.16. The fourth-order valence-electron chi connectivity index (χ4n) is 2.07. The van der Waals surface area contributed by atoms with E-state index in [1.54, 1.807) is 12.1 Å². The molecule has 0 spiro atoms. The van der Waals surface area contributed by atoms with Crippen molar-refractivity contribution in [2.75, 3.05) is 0 Å². The number of rotatable bonds is 3. The van der Waals surface area contributed by atoms with Gasteiger partial charge in [-0.1, -0.05) is 17.7 Å². The maximum Gasteiger partial charge on any atom is 0.325 e. The largest absolute Gasteiger partial charge is 0.506 e. The number of aryl methyl sites for hydroxylation is 1. The van der Waals surface area contributed by atoms with Crippen molar-refractivity contribution in [3.8, 4) is 5.75 Å². The van der Waals surface area contributed by atoms with Crippen LogP contribution in [0.5, 0.6) is 5.75 Å². The summed E-state index contributed by atoms with van der Waals surface area (Å²) in [4.78, 5) is 35.2. The Morgan fingerprint density at radius 3 is 2.59 bits per heavy atom. The van der Waals surface area contributed by atoms with Gasteiger partial charge in [-0.05, 0) is 19.1 Å². The maximum atomic E-state index is 12.3. The second kappa shape index (κ2) is 5.69. The minimum atomic E-state index is -1.26. The van der Waals surface area contributed by atoms with E-state index >= 15 is 0 Å². The number of nitrogens with one attached hydrogen (secondary N) is 1. The smallest absolute Gasteiger partial charge is 0.325 e. The average Bonchev–Trinajstić information content (AvgIpc) is 2.44. The summed E-state index contributed by atoms with van der Waals surface area (Å²) in [7, 11) is 1.43. The molecule has 2 rings (SSSR count). The van der Waals surface area contributed by atoms with E-state index in [9.17, 15) is 19.5 Å². The molecule has 116 valence electrons. The number of carboxylic acid groups (broad SMARTS) is 1. The topological polar surface area (TPSA) is 109 Å². The van der Waals surface area contributed by atoms with Crippen LogP contribution in [0.15, 0.2) is 23.0 Å². The molecule has 2 aromatic rings. The number of amides is 1. The SMILES string of the molecule is C[C@H](NC(=O)c1c(O)c2c(Cl)cccc2n(C)c1=O)C(=O)O. The number of hydrogen-bond acceptors (Lipinski definition) is 4. The third-order valence-electron chi connectivity index (χ3n) is 3.29. The minimum absolute atomic E-state index is 0.152. The summed E-state index contributed by atoms with van der Waals surface area (Å²) >= 11 is 6.02. The molecule has 1 atom stereocenters. The molecule has 8 heteroatoms. The first kappa shape index (κ1) is 15.8. The van der Waals surface area contributed by atoms with Gasteiger partial charge in [0.1, 0.15) is 17.4 Å². The summed E-state index contributed by atoms with van der Waals surface area (Å²) in [5.74, 6) is -2.81. The Kier molecular flexibility index (Phi) is 4.09. The lowest BCUT2D eigenvalue weighted by molar-refractivity contribution is -0.138. The van der Waals surface area contributed by atoms with Crippen molar-refractivity contribution in [2.45, 2.75) is 13.0 Å². The second-order valence-electron chi connectivity index (χ2n) is 4.76. The van der Waals surface area contributed by atoms with Gasteiger partial charge in [0.2, 0.25) is 0 Å². The molecular formula is C14H13ClN2O5. The molecule has 0 unspecified atom stereocenters. The van der Waals surface area contributed by atoms with Crippen molar-refractivity contribution >= 4 is 34.4 Å². The zero-order chi connectivity index (χ0) is 16.6. The lowest BCUT2D eigenvalue weighted by Crippen LogP contribution is -2.41. The van der Waals surface area contributed by atoms with Gasteiger partial charge in [-0.2, -0.15) is 0 Å². The van der Waals surface area contributed by atoms with Crippen molar-refractivity contribution in [1.82, 2.24) is 9.88 Å². The van der Waals surface area contributed by atoms with Crippen LogP contribution in [0.1, 0.15) is 17.3 Å². The number of carbonyl (C=O) groups is 2. The summed E-state index contributed by atoms with van der Waals surface area (Å²) in [6, 6.07) is 3.48. The van der Waals surface area contributed by atoms with Crippen LogP contribution in [0, 0.1) is 0 Å². The Labute approximate surface area is 129 Å². The van der Waals surface area contributed by atoms with Crippen molar-refractivity contribution in [3.05, 3.63) is 39.1 Å². The highest BCUT2D eigenvalue weighted by molar-refractivity contribution is 6.36. The fraction of sp³-hybridized carbons (Fsp3) is 0.214. The summed E-state index contributed by atoms with van der Waals surface area (Å²) in [6.45, 7) is 1.25. The zero-order valence-corrected chi connectivity index (χ0v) is 12.5. The monoisotopic (exact) mass is 324 g/mol. The highest BCUT2D eigenvalue weighted by Crippen LogP contribution is 2.32. The number of benzene rings is 1. The van der Waals surface area contributed by atoms with Crippen molar-refractivity contribution in [3.63, 3.8) is 0 Å².